The van der Waals surface area contributed by atoms with Gasteiger partial charge in [-0.1, -0.05) is 0 Å². The lowest BCUT2D eigenvalue weighted by molar-refractivity contribution is 0.204. The Morgan fingerprint density at radius 1 is 1.62 bits per heavy atom. The normalized spacial score (nSPS) is 35.4. The lowest BCUT2D eigenvalue weighted by Gasteiger charge is -1.92. The van der Waals surface area contributed by atoms with E-state index >= 15 is 0 Å². The molecule has 48 valence electrons. The molecule has 0 bridgehead atoms. The van der Waals surface area contributed by atoms with Gasteiger partial charge in [-0.15, -0.1) is 0 Å². The van der Waals surface area contributed by atoms with Gasteiger partial charge in [-0.2, -0.15) is 0 Å². The Morgan fingerprint density at radius 2 is 2.25 bits per heavy atom. The van der Waals surface area contributed by atoms with Crippen LogP contribution in [0.25, 0.3) is 0 Å². The predicted octanol–water partition coefficient (Wildman–Crippen LogP) is -0.223. The van der Waals surface area contributed by atoms with Gasteiger partial charge < -0.3 is 4.74 Å². The van der Waals surface area contributed by atoms with E-state index in [1.54, 1.807) is 6.92 Å². The van der Waals surface area contributed by atoms with E-state index in [-0.39, 0.29) is 11.2 Å². The monoisotopic (exact) mass is 136 g/mol. The lowest BCUT2D eigenvalue weighted by atomic mass is 10.5. The molecule has 8 heavy (non-hydrogen) atoms. The molecule has 1 unspecified atom stereocenters. The first-order chi connectivity index (χ1) is 3.63. The van der Waals surface area contributed by atoms with Gasteiger partial charge in [0, 0.05) is 0 Å². The highest BCUT2D eigenvalue weighted by Crippen LogP contribution is 2.09. The van der Waals surface area contributed by atoms with Crippen molar-refractivity contribution in [2.24, 2.45) is 0 Å². The highest BCUT2D eigenvalue weighted by Gasteiger charge is 2.27. The van der Waals surface area contributed by atoms with E-state index in [1.807, 2.05) is 0 Å². The first-order valence-electron chi connectivity index (χ1n) is 2.42. The predicted molar refractivity (Wildman–Crippen MR) is 29.2 cm³/mol. The van der Waals surface area contributed by atoms with Crippen LogP contribution in [0.3, 0.4) is 0 Å². The second-order valence-corrected chi connectivity index (χ2v) is 4.33. The molecule has 0 aliphatic carbocycles. The SMILES string of the molecule is CC1COCS1(=O)=O. The third kappa shape index (κ3) is 0.855. The maximum Gasteiger partial charge on any atom is 0.179 e. The summed E-state index contributed by atoms with van der Waals surface area (Å²) < 4.78 is 26.0. The van der Waals surface area contributed by atoms with Gasteiger partial charge in [0.2, 0.25) is 0 Å². The number of hydrogen-bond acceptors (Lipinski definition) is 3. The molecule has 0 aromatic rings. The molecule has 0 aromatic heterocycles. The highest BCUT2D eigenvalue weighted by molar-refractivity contribution is 7.92. The van der Waals surface area contributed by atoms with Crippen molar-refractivity contribution in [2.45, 2.75) is 12.2 Å². The van der Waals surface area contributed by atoms with Crippen molar-refractivity contribution in [2.75, 3.05) is 12.5 Å². The van der Waals surface area contributed by atoms with Crippen molar-refractivity contribution in [3.63, 3.8) is 0 Å². The van der Waals surface area contributed by atoms with Gasteiger partial charge in [0.1, 0.15) is 5.94 Å². The standard InChI is InChI=1S/C4H8O3S/c1-4-2-7-3-8(4,5)6/h4H,2-3H2,1H3. The van der Waals surface area contributed by atoms with Crippen LogP contribution in [0, 0.1) is 0 Å². The van der Waals surface area contributed by atoms with E-state index in [4.69, 9.17) is 0 Å². The summed E-state index contributed by atoms with van der Waals surface area (Å²) in [7, 11) is -2.85. The largest absolute Gasteiger partial charge is 0.364 e. The minimum atomic E-state index is -2.85. The highest BCUT2D eigenvalue weighted by atomic mass is 32.2. The Balaban J connectivity index is 2.85. The topological polar surface area (TPSA) is 43.4 Å². The van der Waals surface area contributed by atoms with Crippen molar-refractivity contribution >= 4 is 9.84 Å². The van der Waals surface area contributed by atoms with Crippen molar-refractivity contribution in [3.8, 4) is 0 Å². The molecular formula is C4H8O3S. The van der Waals surface area contributed by atoms with E-state index in [1.165, 1.54) is 0 Å². The van der Waals surface area contributed by atoms with Gasteiger partial charge in [-0.25, -0.2) is 8.42 Å². The summed E-state index contributed by atoms with van der Waals surface area (Å²) in [6, 6.07) is 0. The van der Waals surface area contributed by atoms with E-state index in [2.05, 4.69) is 4.74 Å². The molecule has 0 radical (unpaired) electrons. The van der Waals surface area contributed by atoms with E-state index < -0.39 is 9.84 Å². The van der Waals surface area contributed by atoms with E-state index in [0.717, 1.165) is 0 Å². The Morgan fingerprint density at radius 3 is 2.38 bits per heavy atom. The van der Waals surface area contributed by atoms with Crippen LogP contribution >= 0.6 is 0 Å². The zero-order valence-electron chi connectivity index (χ0n) is 4.62. The van der Waals surface area contributed by atoms with Gasteiger partial charge >= 0.3 is 0 Å². The van der Waals surface area contributed by atoms with Gasteiger partial charge in [0.15, 0.2) is 9.84 Å². The minimum absolute atomic E-state index is 0.0891. The second kappa shape index (κ2) is 1.70. The van der Waals surface area contributed by atoms with Crippen LogP contribution in [0.4, 0.5) is 0 Å². The van der Waals surface area contributed by atoms with Gasteiger partial charge in [0.25, 0.3) is 0 Å². The Bertz CT molecular complexity index is 170. The number of hydrogen-bond donors (Lipinski definition) is 0. The lowest BCUT2D eigenvalue weighted by Crippen LogP contribution is -2.12. The minimum Gasteiger partial charge on any atom is -0.364 e. The van der Waals surface area contributed by atoms with E-state index in [9.17, 15) is 8.42 Å². The van der Waals surface area contributed by atoms with Crippen molar-refractivity contribution in [3.05, 3.63) is 0 Å². The molecule has 0 saturated carbocycles. The average Bonchev–Trinajstić information content (AvgIpc) is 1.86. The molecule has 3 nitrogen and oxygen atoms in total. The summed E-state index contributed by atoms with van der Waals surface area (Å²) in [5, 5.41) is -0.289. The molecule has 0 N–H and O–H groups in total. The molecule has 0 amide bonds. The third-order valence-electron chi connectivity index (χ3n) is 1.21. The number of sulfone groups is 1. The summed E-state index contributed by atoms with van der Waals surface area (Å²) in [6.07, 6.45) is 0. The Kier molecular flexibility index (Phi) is 1.28. The zero-order chi connectivity index (χ0) is 6.20. The first kappa shape index (κ1) is 6.04. The molecule has 1 fully saturated rings. The zero-order valence-corrected chi connectivity index (χ0v) is 5.44. The van der Waals surface area contributed by atoms with Crippen molar-refractivity contribution in [1.82, 2.24) is 0 Å². The number of ether oxygens (including phenoxy) is 1. The first-order valence-corrected chi connectivity index (χ1v) is 4.14. The molecule has 4 heteroatoms. The summed E-state index contributed by atoms with van der Waals surface area (Å²) in [5.74, 6) is -0.0891. The number of rotatable bonds is 0. The third-order valence-corrected chi connectivity index (χ3v) is 3.07. The molecule has 0 spiro atoms. The van der Waals surface area contributed by atoms with Crippen LogP contribution in [-0.2, 0) is 14.6 Å². The quantitative estimate of drug-likeness (QED) is 0.462. The van der Waals surface area contributed by atoms with Crippen LogP contribution in [0.15, 0.2) is 0 Å². The van der Waals surface area contributed by atoms with Crippen molar-refractivity contribution < 1.29 is 13.2 Å². The van der Waals surface area contributed by atoms with Gasteiger partial charge in [-0.3, -0.25) is 0 Å². The molecule has 1 rings (SSSR count). The fourth-order valence-corrected chi connectivity index (χ4v) is 1.41. The van der Waals surface area contributed by atoms with Gasteiger partial charge in [0.05, 0.1) is 11.9 Å². The summed E-state index contributed by atoms with van der Waals surface area (Å²) >= 11 is 0. The van der Waals surface area contributed by atoms with Crippen molar-refractivity contribution in [1.29, 1.82) is 0 Å². The molecule has 1 heterocycles. The van der Waals surface area contributed by atoms with Crippen LogP contribution in [0.1, 0.15) is 6.92 Å². The smallest absolute Gasteiger partial charge is 0.179 e. The molecular weight excluding hydrogens is 128 g/mol. The average molecular weight is 136 g/mol. The summed E-state index contributed by atoms with van der Waals surface area (Å²) in [5.41, 5.74) is 0. The fraction of sp³-hybridized carbons (Fsp3) is 1.00. The summed E-state index contributed by atoms with van der Waals surface area (Å²) in [6.45, 7) is 2.02. The Hall–Kier alpha value is -0.0900. The van der Waals surface area contributed by atoms with E-state index in [0.29, 0.717) is 6.61 Å². The summed E-state index contributed by atoms with van der Waals surface area (Å²) in [4.78, 5) is 0. The second-order valence-electron chi connectivity index (χ2n) is 1.96. The fourth-order valence-electron chi connectivity index (χ4n) is 0.550. The van der Waals surface area contributed by atoms with Gasteiger partial charge in [-0.05, 0) is 6.92 Å². The molecule has 1 aliphatic heterocycles. The Labute approximate surface area is 48.6 Å². The maximum absolute atomic E-state index is 10.6. The molecule has 0 aromatic carbocycles. The molecule has 1 aliphatic rings. The van der Waals surface area contributed by atoms with Crippen LogP contribution in [-0.4, -0.2) is 26.2 Å². The molecule has 1 atom stereocenters. The maximum atomic E-state index is 10.6. The van der Waals surface area contributed by atoms with Crippen LogP contribution < -0.4 is 0 Å². The van der Waals surface area contributed by atoms with Crippen LogP contribution in [0.5, 0.6) is 0 Å². The molecule has 1 saturated heterocycles. The van der Waals surface area contributed by atoms with Crippen LogP contribution in [0.2, 0.25) is 0 Å².